The number of nitrogens with one attached hydrogen (secondary N) is 1. The maximum atomic E-state index is 12.6. The van der Waals surface area contributed by atoms with E-state index in [2.05, 4.69) is 20.1 Å². The van der Waals surface area contributed by atoms with Gasteiger partial charge in [-0.15, -0.1) is 10.2 Å². The fraction of sp³-hybridized carbons (Fsp3) is 0.571. The van der Waals surface area contributed by atoms with Crippen LogP contribution in [0.2, 0.25) is 0 Å². The van der Waals surface area contributed by atoms with Gasteiger partial charge in [0.05, 0.1) is 5.75 Å². The summed E-state index contributed by atoms with van der Waals surface area (Å²) in [5, 5.41) is 11.1. The lowest BCUT2D eigenvalue weighted by Crippen LogP contribution is -2.40. The Morgan fingerprint density at radius 3 is 2.80 bits per heavy atom. The molecule has 1 N–H and O–H groups in total. The summed E-state index contributed by atoms with van der Waals surface area (Å²) in [5.41, 5.74) is 1.68. The highest BCUT2D eigenvalue weighted by atomic mass is 32.2. The zero-order chi connectivity index (χ0) is 21.1. The average molecular weight is 432 g/mol. The van der Waals surface area contributed by atoms with E-state index < -0.39 is 10.0 Å². The van der Waals surface area contributed by atoms with Crippen molar-refractivity contribution in [2.75, 3.05) is 25.4 Å². The highest BCUT2D eigenvalue weighted by Gasteiger charge is 2.25. The minimum atomic E-state index is -3.31. The summed E-state index contributed by atoms with van der Waals surface area (Å²) in [4.78, 5) is 12.6. The molecule has 1 unspecified atom stereocenters. The van der Waals surface area contributed by atoms with Gasteiger partial charge in [-0.3, -0.25) is 4.79 Å². The fourth-order valence-electron chi connectivity index (χ4n) is 4.34. The lowest BCUT2D eigenvalue weighted by Gasteiger charge is -2.26. The normalized spacial score (nSPS) is 20.0. The molecule has 30 heavy (non-hydrogen) atoms. The Labute approximate surface area is 177 Å². The summed E-state index contributed by atoms with van der Waals surface area (Å²) in [6.45, 7) is 4.07. The van der Waals surface area contributed by atoms with Crippen LogP contribution < -0.4 is 5.32 Å². The molecule has 8 nitrogen and oxygen atoms in total. The quantitative estimate of drug-likeness (QED) is 0.753. The molecule has 0 aliphatic carbocycles. The second-order valence-corrected chi connectivity index (χ2v) is 10.3. The van der Waals surface area contributed by atoms with Crippen LogP contribution in [0.25, 0.3) is 0 Å². The highest BCUT2D eigenvalue weighted by Crippen LogP contribution is 2.29. The van der Waals surface area contributed by atoms with Gasteiger partial charge in [0.1, 0.15) is 11.6 Å². The third-order valence-electron chi connectivity index (χ3n) is 6.11. The van der Waals surface area contributed by atoms with E-state index in [1.807, 2.05) is 25.1 Å². The Morgan fingerprint density at radius 1 is 1.20 bits per heavy atom. The molecule has 2 aromatic rings. The topological polar surface area (TPSA) is 97.2 Å². The Hall–Kier alpha value is -2.26. The number of rotatable bonds is 6. The zero-order valence-electron chi connectivity index (χ0n) is 17.4. The minimum Gasteiger partial charge on any atom is -0.351 e. The van der Waals surface area contributed by atoms with Crippen molar-refractivity contribution in [3.8, 4) is 0 Å². The number of benzene rings is 1. The minimum absolute atomic E-state index is 0.0588. The largest absolute Gasteiger partial charge is 0.351 e. The van der Waals surface area contributed by atoms with Crippen LogP contribution in [0.15, 0.2) is 24.3 Å². The predicted octanol–water partition coefficient (Wildman–Crippen LogP) is 1.86. The van der Waals surface area contributed by atoms with Gasteiger partial charge in [0, 0.05) is 44.1 Å². The summed E-state index contributed by atoms with van der Waals surface area (Å²) >= 11 is 0. The Morgan fingerprint density at radius 2 is 2.00 bits per heavy atom. The molecule has 1 amide bonds. The number of piperidine rings is 1. The number of carbonyl (C=O) groups is 1. The van der Waals surface area contributed by atoms with Crippen LogP contribution in [0.1, 0.15) is 59.2 Å². The van der Waals surface area contributed by atoms with Gasteiger partial charge in [0.2, 0.25) is 10.0 Å². The van der Waals surface area contributed by atoms with Crippen molar-refractivity contribution >= 4 is 15.9 Å². The van der Waals surface area contributed by atoms with E-state index in [0.29, 0.717) is 24.6 Å². The van der Waals surface area contributed by atoms with Crippen LogP contribution >= 0.6 is 0 Å². The van der Waals surface area contributed by atoms with Crippen LogP contribution in [-0.4, -0.2) is 58.8 Å². The van der Waals surface area contributed by atoms with Crippen molar-refractivity contribution in [2.45, 2.75) is 51.5 Å². The molecule has 9 heteroatoms. The van der Waals surface area contributed by atoms with E-state index in [1.165, 1.54) is 0 Å². The zero-order valence-corrected chi connectivity index (χ0v) is 18.2. The van der Waals surface area contributed by atoms with Crippen molar-refractivity contribution in [3.05, 3.63) is 47.0 Å². The number of carbonyl (C=O) groups excluding carboxylic acids is 1. The molecule has 1 fully saturated rings. The van der Waals surface area contributed by atoms with Gasteiger partial charge in [0.15, 0.2) is 0 Å². The van der Waals surface area contributed by atoms with E-state index in [4.69, 9.17) is 0 Å². The van der Waals surface area contributed by atoms with Crippen molar-refractivity contribution in [3.63, 3.8) is 0 Å². The second kappa shape index (κ2) is 8.85. The first kappa shape index (κ1) is 21.0. The number of fused-ring (bicyclic) bond motifs is 1. The maximum Gasteiger partial charge on any atom is 0.251 e. The third-order valence-corrected chi connectivity index (χ3v) is 7.98. The summed E-state index contributed by atoms with van der Waals surface area (Å²) < 4.78 is 28.6. The molecule has 1 aromatic heterocycles. The second-order valence-electron chi connectivity index (χ2n) is 8.17. The number of hydrogen-bond donors (Lipinski definition) is 1. The van der Waals surface area contributed by atoms with Crippen LogP contribution in [0.4, 0.5) is 0 Å². The van der Waals surface area contributed by atoms with Gasteiger partial charge in [-0.2, -0.15) is 0 Å². The summed E-state index contributed by atoms with van der Waals surface area (Å²) in [5.74, 6) is 1.95. The smallest absolute Gasteiger partial charge is 0.251 e. The molecule has 1 saturated heterocycles. The number of hydrogen-bond acceptors (Lipinski definition) is 5. The van der Waals surface area contributed by atoms with E-state index in [-0.39, 0.29) is 18.2 Å². The van der Waals surface area contributed by atoms with Crippen LogP contribution in [-0.2, 0) is 23.0 Å². The lowest BCUT2D eigenvalue weighted by atomic mass is 9.90. The third kappa shape index (κ3) is 4.57. The standard InChI is InChI=1S/C21H29N5O3S/c1-16-23-24-20-9-8-19(15-26(16)20)17-6-5-7-18(14-17)21(27)22-10-13-30(28,29)25-11-3-2-4-12-25/h5-7,14,19H,2-4,8-13,15H2,1H3,(H,22,27). The van der Waals surface area contributed by atoms with Gasteiger partial charge >= 0.3 is 0 Å². The molecule has 2 aliphatic rings. The van der Waals surface area contributed by atoms with Gasteiger partial charge < -0.3 is 9.88 Å². The lowest BCUT2D eigenvalue weighted by molar-refractivity contribution is 0.0956. The Kier molecular flexibility index (Phi) is 6.19. The van der Waals surface area contributed by atoms with Gasteiger partial charge in [0.25, 0.3) is 5.91 Å². The number of aromatic nitrogens is 3. The molecule has 1 atom stereocenters. The van der Waals surface area contributed by atoms with Crippen molar-refractivity contribution < 1.29 is 13.2 Å². The molecule has 0 saturated carbocycles. The molecule has 0 bridgehead atoms. The van der Waals surface area contributed by atoms with E-state index in [1.54, 1.807) is 10.4 Å². The van der Waals surface area contributed by atoms with Crippen LogP contribution in [0.5, 0.6) is 0 Å². The molecule has 162 valence electrons. The monoisotopic (exact) mass is 431 g/mol. The van der Waals surface area contributed by atoms with Crippen molar-refractivity contribution in [2.24, 2.45) is 0 Å². The summed E-state index contributed by atoms with van der Waals surface area (Å²) in [6.07, 6.45) is 4.75. The van der Waals surface area contributed by atoms with E-state index >= 15 is 0 Å². The molecular weight excluding hydrogens is 402 g/mol. The first-order valence-electron chi connectivity index (χ1n) is 10.7. The molecule has 3 heterocycles. The Balaban J connectivity index is 1.35. The molecule has 2 aliphatic heterocycles. The number of amides is 1. The molecule has 0 spiro atoms. The molecule has 1 aromatic carbocycles. The van der Waals surface area contributed by atoms with Crippen molar-refractivity contribution in [1.82, 2.24) is 24.4 Å². The Bertz CT molecular complexity index is 1010. The molecule has 0 radical (unpaired) electrons. The van der Waals surface area contributed by atoms with Crippen LogP contribution in [0, 0.1) is 6.92 Å². The maximum absolute atomic E-state index is 12.6. The van der Waals surface area contributed by atoms with Crippen molar-refractivity contribution in [1.29, 1.82) is 0 Å². The fourth-order valence-corrected chi connectivity index (χ4v) is 5.77. The van der Waals surface area contributed by atoms with E-state index in [0.717, 1.165) is 55.9 Å². The van der Waals surface area contributed by atoms with E-state index in [9.17, 15) is 13.2 Å². The molecule has 4 rings (SSSR count). The van der Waals surface area contributed by atoms with Gasteiger partial charge in [-0.05, 0) is 43.9 Å². The number of aryl methyl sites for hydroxylation is 2. The predicted molar refractivity (Wildman–Crippen MR) is 114 cm³/mol. The number of sulfonamides is 1. The first-order chi connectivity index (χ1) is 14.4. The molecular formula is C21H29N5O3S. The SMILES string of the molecule is Cc1nnc2n1CC(c1cccc(C(=O)NCCS(=O)(=O)N3CCCCC3)c1)CC2. The highest BCUT2D eigenvalue weighted by molar-refractivity contribution is 7.89. The number of nitrogens with zero attached hydrogens (tertiary/aromatic N) is 4. The summed E-state index contributed by atoms with van der Waals surface area (Å²) in [7, 11) is -3.31. The summed E-state index contributed by atoms with van der Waals surface area (Å²) in [6, 6.07) is 7.64. The first-order valence-corrected chi connectivity index (χ1v) is 12.3. The van der Waals surface area contributed by atoms with Gasteiger partial charge in [-0.25, -0.2) is 12.7 Å². The van der Waals surface area contributed by atoms with Gasteiger partial charge in [-0.1, -0.05) is 18.6 Å². The average Bonchev–Trinajstić information content (AvgIpc) is 3.14. The van der Waals surface area contributed by atoms with Crippen LogP contribution in [0.3, 0.4) is 0 Å².